The summed E-state index contributed by atoms with van der Waals surface area (Å²) in [6.07, 6.45) is 0.0710. The van der Waals surface area contributed by atoms with Crippen LogP contribution >= 0.6 is 0 Å². The second kappa shape index (κ2) is 8.44. The van der Waals surface area contributed by atoms with Crippen molar-refractivity contribution in [1.29, 1.82) is 0 Å². The number of rotatable bonds is 7. The molecule has 0 fully saturated rings. The van der Waals surface area contributed by atoms with Crippen LogP contribution in [-0.4, -0.2) is 30.5 Å². The van der Waals surface area contributed by atoms with E-state index in [1.165, 1.54) is 13.2 Å². The first-order chi connectivity index (χ1) is 12.0. The minimum absolute atomic E-state index is 0.0565. The first kappa shape index (κ1) is 17.9. The lowest BCUT2D eigenvalue weighted by atomic mass is 10.1. The zero-order valence-electron chi connectivity index (χ0n) is 13.5. The maximum Gasteiger partial charge on any atom is 0.339 e. The van der Waals surface area contributed by atoms with E-state index in [0.717, 1.165) is 0 Å². The highest BCUT2D eigenvalue weighted by molar-refractivity contribution is 6.01. The second-order valence-electron chi connectivity index (χ2n) is 5.04. The minimum atomic E-state index is -0.547. The first-order valence-corrected chi connectivity index (χ1v) is 7.47. The van der Waals surface area contributed by atoms with E-state index < -0.39 is 10.9 Å². The maximum atomic E-state index is 12.0. The van der Waals surface area contributed by atoms with Gasteiger partial charge in [-0.1, -0.05) is 24.3 Å². The molecule has 0 saturated heterocycles. The van der Waals surface area contributed by atoms with E-state index in [-0.39, 0.29) is 30.1 Å². The summed E-state index contributed by atoms with van der Waals surface area (Å²) >= 11 is 0. The predicted octanol–water partition coefficient (Wildman–Crippen LogP) is 2.82. The van der Waals surface area contributed by atoms with Gasteiger partial charge in [-0.2, -0.15) is 0 Å². The van der Waals surface area contributed by atoms with Gasteiger partial charge in [-0.15, -0.1) is 0 Å². The van der Waals surface area contributed by atoms with Crippen LogP contribution in [0.5, 0.6) is 0 Å². The largest absolute Gasteiger partial charge is 0.465 e. The Kier molecular flexibility index (Phi) is 6.05. The average molecular weight is 343 g/mol. The Balaban J connectivity index is 1.94. The summed E-state index contributed by atoms with van der Waals surface area (Å²) in [6, 6.07) is 12.7. The van der Waals surface area contributed by atoms with Crippen molar-refractivity contribution in [2.45, 2.75) is 6.42 Å². The predicted molar refractivity (Wildman–Crippen MR) is 92.6 cm³/mol. The molecule has 2 N–H and O–H groups in total. The molecule has 0 aliphatic rings. The third-order valence-electron chi connectivity index (χ3n) is 3.37. The molecule has 25 heavy (non-hydrogen) atoms. The van der Waals surface area contributed by atoms with Crippen molar-refractivity contribution in [3.63, 3.8) is 0 Å². The molecule has 2 aromatic carbocycles. The summed E-state index contributed by atoms with van der Waals surface area (Å²) in [5, 5.41) is 16.4. The molecule has 0 unspecified atom stereocenters. The van der Waals surface area contributed by atoms with Gasteiger partial charge < -0.3 is 15.4 Å². The van der Waals surface area contributed by atoms with E-state index in [9.17, 15) is 19.7 Å². The molecule has 130 valence electrons. The number of nitrogens with zero attached hydrogens (tertiary/aromatic N) is 1. The average Bonchev–Trinajstić information content (AvgIpc) is 2.61. The summed E-state index contributed by atoms with van der Waals surface area (Å²) < 4.78 is 4.67. The molecule has 1 amide bonds. The van der Waals surface area contributed by atoms with Crippen LogP contribution < -0.4 is 10.6 Å². The second-order valence-corrected chi connectivity index (χ2v) is 5.04. The number of carbonyl (C=O) groups excluding carboxylic acids is 2. The number of nitrogens with one attached hydrogen (secondary N) is 2. The summed E-state index contributed by atoms with van der Waals surface area (Å²) in [5.41, 5.74) is 0.893. The number of carbonyl (C=O) groups is 2. The molecule has 0 aromatic heterocycles. The van der Waals surface area contributed by atoms with Crippen LogP contribution in [0.1, 0.15) is 16.8 Å². The lowest BCUT2D eigenvalue weighted by Crippen LogP contribution is -2.18. The van der Waals surface area contributed by atoms with Crippen LogP contribution in [-0.2, 0) is 9.53 Å². The van der Waals surface area contributed by atoms with Crippen molar-refractivity contribution in [3.8, 4) is 0 Å². The highest BCUT2D eigenvalue weighted by atomic mass is 16.6. The SMILES string of the molecule is COC(=O)c1ccccc1NC(=O)CCNc1ccccc1[N+](=O)[O-]. The summed E-state index contributed by atoms with van der Waals surface area (Å²) in [7, 11) is 1.26. The zero-order chi connectivity index (χ0) is 18.2. The number of anilines is 2. The van der Waals surface area contributed by atoms with Crippen molar-refractivity contribution in [3.05, 3.63) is 64.2 Å². The van der Waals surface area contributed by atoms with Gasteiger partial charge in [0.25, 0.3) is 5.69 Å². The van der Waals surface area contributed by atoms with E-state index in [0.29, 0.717) is 11.4 Å². The minimum Gasteiger partial charge on any atom is -0.465 e. The van der Waals surface area contributed by atoms with Gasteiger partial charge in [0.15, 0.2) is 0 Å². The summed E-state index contributed by atoms with van der Waals surface area (Å²) in [6.45, 7) is 0.205. The van der Waals surface area contributed by atoms with Crippen LogP contribution in [0.3, 0.4) is 0 Å². The summed E-state index contributed by atoms with van der Waals surface area (Å²) in [4.78, 5) is 34.2. The molecular formula is C17H17N3O5. The number of methoxy groups -OCH3 is 1. The topological polar surface area (TPSA) is 111 Å². The zero-order valence-corrected chi connectivity index (χ0v) is 13.5. The Morgan fingerprint density at radius 3 is 2.40 bits per heavy atom. The number of benzene rings is 2. The Bertz CT molecular complexity index is 791. The third kappa shape index (κ3) is 4.77. The van der Waals surface area contributed by atoms with Crippen molar-refractivity contribution >= 4 is 28.9 Å². The molecule has 8 heteroatoms. The van der Waals surface area contributed by atoms with Gasteiger partial charge in [0, 0.05) is 19.0 Å². The number of nitro groups is 1. The number of esters is 1. The molecule has 0 saturated carbocycles. The fourth-order valence-electron chi connectivity index (χ4n) is 2.19. The van der Waals surface area contributed by atoms with Gasteiger partial charge in [-0.05, 0) is 18.2 Å². The van der Waals surface area contributed by atoms with Crippen LogP contribution in [0.15, 0.2) is 48.5 Å². The van der Waals surface area contributed by atoms with Crippen LogP contribution in [0.2, 0.25) is 0 Å². The molecule has 0 radical (unpaired) electrons. The van der Waals surface area contributed by atoms with Gasteiger partial charge in [-0.25, -0.2) is 4.79 Å². The lowest BCUT2D eigenvalue weighted by molar-refractivity contribution is -0.384. The molecule has 0 atom stereocenters. The van der Waals surface area contributed by atoms with Crippen molar-refractivity contribution < 1.29 is 19.2 Å². The number of ether oxygens (including phenoxy) is 1. The van der Waals surface area contributed by atoms with Crippen LogP contribution in [0, 0.1) is 10.1 Å². The number of amides is 1. The van der Waals surface area contributed by atoms with E-state index in [2.05, 4.69) is 15.4 Å². The van der Waals surface area contributed by atoms with E-state index in [1.54, 1.807) is 42.5 Å². The van der Waals surface area contributed by atoms with E-state index >= 15 is 0 Å². The van der Waals surface area contributed by atoms with Crippen LogP contribution in [0.25, 0.3) is 0 Å². The number of para-hydroxylation sites is 3. The van der Waals surface area contributed by atoms with Gasteiger partial charge in [0.05, 0.1) is 23.3 Å². The molecule has 0 heterocycles. The number of hydrogen-bond acceptors (Lipinski definition) is 6. The Morgan fingerprint density at radius 2 is 1.72 bits per heavy atom. The fraction of sp³-hybridized carbons (Fsp3) is 0.176. The Morgan fingerprint density at radius 1 is 1.08 bits per heavy atom. The molecule has 0 aliphatic heterocycles. The molecule has 0 spiro atoms. The van der Waals surface area contributed by atoms with Gasteiger partial charge >= 0.3 is 5.97 Å². The maximum absolute atomic E-state index is 12.0. The number of hydrogen-bond donors (Lipinski definition) is 2. The van der Waals surface area contributed by atoms with Crippen LogP contribution in [0.4, 0.5) is 17.1 Å². The van der Waals surface area contributed by atoms with E-state index in [4.69, 9.17) is 0 Å². The smallest absolute Gasteiger partial charge is 0.339 e. The highest BCUT2D eigenvalue weighted by Gasteiger charge is 2.14. The fourth-order valence-corrected chi connectivity index (χ4v) is 2.19. The van der Waals surface area contributed by atoms with Crippen molar-refractivity contribution in [1.82, 2.24) is 0 Å². The lowest BCUT2D eigenvalue weighted by Gasteiger charge is -2.10. The standard InChI is InChI=1S/C17H17N3O5/c1-25-17(22)12-6-2-3-7-13(12)19-16(21)10-11-18-14-8-4-5-9-15(14)20(23)24/h2-9,18H,10-11H2,1H3,(H,19,21). The third-order valence-corrected chi connectivity index (χ3v) is 3.37. The highest BCUT2D eigenvalue weighted by Crippen LogP contribution is 2.23. The Labute approximate surface area is 144 Å². The summed E-state index contributed by atoms with van der Waals surface area (Å²) in [5.74, 6) is -0.878. The first-order valence-electron chi connectivity index (χ1n) is 7.47. The molecule has 2 rings (SSSR count). The Hall–Kier alpha value is -3.42. The number of nitro benzene ring substituents is 1. The van der Waals surface area contributed by atoms with Crippen molar-refractivity contribution in [2.75, 3.05) is 24.3 Å². The molecule has 0 bridgehead atoms. The molecule has 2 aromatic rings. The quantitative estimate of drug-likeness (QED) is 0.454. The van der Waals surface area contributed by atoms with Gasteiger partial charge in [0.2, 0.25) is 5.91 Å². The molecular weight excluding hydrogens is 326 g/mol. The monoisotopic (exact) mass is 343 g/mol. The molecule has 8 nitrogen and oxygen atoms in total. The molecule has 0 aliphatic carbocycles. The van der Waals surface area contributed by atoms with Crippen molar-refractivity contribution in [2.24, 2.45) is 0 Å². The van der Waals surface area contributed by atoms with E-state index in [1.807, 2.05) is 0 Å². The van der Waals surface area contributed by atoms with Gasteiger partial charge in [-0.3, -0.25) is 14.9 Å². The van der Waals surface area contributed by atoms with Gasteiger partial charge in [0.1, 0.15) is 5.69 Å². The normalized spacial score (nSPS) is 9.96.